The van der Waals surface area contributed by atoms with E-state index in [1.54, 1.807) is 11.8 Å². The SMILES string of the molecule is CC[C@@H]1C[C@H](SC(C)O)C[C@@H]1c1nnc2cnc3c(ccn3CCc3ccc(C)cc3)n12. The Balaban J connectivity index is 1.46. The summed E-state index contributed by atoms with van der Waals surface area (Å²) in [4.78, 5) is 4.73. The van der Waals surface area contributed by atoms with Crippen LogP contribution in [0.15, 0.2) is 42.7 Å². The normalized spacial score (nSPS) is 22.2. The molecule has 1 aliphatic carbocycles. The Labute approximate surface area is 193 Å². The maximum absolute atomic E-state index is 9.87. The van der Waals surface area contributed by atoms with Gasteiger partial charge in [0, 0.05) is 23.9 Å². The molecule has 6 nitrogen and oxygen atoms in total. The number of aryl methyl sites for hydroxylation is 3. The molecule has 1 aliphatic rings. The topological polar surface area (TPSA) is 68.2 Å². The van der Waals surface area contributed by atoms with Gasteiger partial charge >= 0.3 is 0 Å². The Hall–Kier alpha value is -2.38. The maximum Gasteiger partial charge on any atom is 0.179 e. The number of benzene rings is 1. The fourth-order valence-electron chi connectivity index (χ4n) is 5.18. The molecule has 7 heteroatoms. The van der Waals surface area contributed by atoms with Crippen LogP contribution in [0.2, 0.25) is 0 Å². The Morgan fingerprint density at radius 1 is 1.16 bits per heavy atom. The molecule has 168 valence electrons. The number of nitrogens with zero attached hydrogens (tertiary/aromatic N) is 5. The van der Waals surface area contributed by atoms with Crippen molar-refractivity contribution in [3.63, 3.8) is 0 Å². The Kier molecular flexibility index (Phi) is 5.95. The van der Waals surface area contributed by atoms with Crippen molar-refractivity contribution in [2.45, 2.75) is 69.6 Å². The van der Waals surface area contributed by atoms with Gasteiger partial charge in [-0.3, -0.25) is 4.40 Å². The van der Waals surface area contributed by atoms with Crippen LogP contribution in [0.25, 0.3) is 16.8 Å². The van der Waals surface area contributed by atoms with Crippen LogP contribution in [0.3, 0.4) is 0 Å². The van der Waals surface area contributed by atoms with Gasteiger partial charge in [0.05, 0.1) is 17.1 Å². The third kappa shape index (κ3) is 4.04. The zero-order valence-electron chi connectivity index (χ0n) is 19.0. The van der Waals surface area contributed by atoms with Crippen LogP contribution in [0.4, 0.5) is 0 Å². The lowest BCUT2D eigenvalue weighted by molar-refractivity contribution is 0.283. The second-order valence-corrected chi connectivity index (χ2v) is 10.7. The molecule has 1 saturated carbocycles. The molecule has 1 N–H and O–H groups in total. The molecule has 0 bridgehead atoms. The molecule has 4 atom stereocenters. The molecule has 0 amide bonds. The molecule has 3 aromatic heterocycles. The highest BCUT2D eigenvalue weighted by molar-refractivity contribution is 8.00. The monoisotopic (exact) mass is 449 g/mol. The summed E-state index contributed by atoms with van der Waals surface area (Å²) in [6, 6.07) is 10.9. The molecule has 0 aliphatic heterocycles. The van der Waals surface area contributed by atoms with Crippen molar-refractivity contribution in [3.05, 3.63) is 59.7 Å². The van der Waals surface area contributed by atoms with E-state index in [4.69, 9.17) is 4.98 Å². The zero-order valence-corrected chi connectivity index (χ0v) is 19.8. The maximum atomic E-state index is 9.87. The molecule has 1 fully saturated rings. The summed E-state index contributed by atoms with van der Waals surface area (Å²) in [6.45, 7) is 7.12. The zero-order chi connectivity index (χ0) is 22.2. The number of fused-ring (bicyclic) bond motifs is 3. The molecule has 1 aromatic carbocycles. The van der Waals surface area contributed by atoms with E-state index in [2.05, 4.69) is 69.5 Å². The highest BCUT2D eigenvalue weighted by Crippen LogP contribution is 2.46. The molecule has 0 saturated heterocycles. The minimum Gasteiger partial charge on any atom is -0.383 e. The first-order valence-corrected chi connectivity index (χ1v) is 12.6. The van der Waals surface area contributed by atoms with Gasteiger partial charge in [-0.2, -0.15) is 0 Å². The minimum absolute atomic E-state index is 0.329. The lowest BCUT2D eigenvalue weighted by Crippen LogP contribution is -2.10. The summed E-state index contributed by atoms with van der Waals surface area (Å²) in [6.07, 6.45) is 8.22. The highest BCUT2D eigenvalue weighted by Gasteiger charge is 2.38. The summed E-state index contributed by atoms with van der Waals surface area (Å²) < 4.78 is 4.45. The molecule has 4 aromatic rings. The first-order valence-electron chi connectivity index (χ1n) is 11.6. The highest BCUT2D eigenvalue weighted by atomic mass is 32.2. The van der Waals surface area contributed by atoms with E-state index in [1.165, 1.54) is 11.1 Å². The molecule has 32 heavy (non-hydrogen) atoms. The van der Waals surface area contributed by atoms with E-state index < -0.39 is 0 Å². The number of aliphatic hydroxyl groups is 1. The quantitative estimate of drug-likeness (QED) is 0.403. The third-order valence-corrected chi connectivity index (χ3v) is 7.99. The molecule has 1 unspecified atom stereocenters. The van der Waals surface area contributed by atoms with Gasteiger partial charge in [-0.05, 0) is 50.7 Å². The number of hydrogen-bond donors (Lipinski definition) is 1. The number of rotatable bonds is 7. The van der Waals surface area contributed by atoms with Crippen LogP contribution in [0.1, 0.15) is 56.0 Å². The van der Waals surface area contributed by atoms with Gasteiger partial charge in [-0.25, -0.2) is 4.98 Å². The average molecular weight is 450 g/mol. The van der Waals surface area contributed by atoms with Crippen molar-refractivity contribution in [3.8, 4) is 0 Å². The fraction of sp³-hybridized carbons (Fsp3) is 0.480. The second-order valence-electron chi connectivity index (χ2n) is 9.07. The van der Waals surface area contributed by atoms with Gasteiger partial charge < -0.3 is 9.67 Å². The van der Waals surface area contributed by atoms with E-state index in [-0.39, 0.29) is 5.44 Å². The first kappa shape index (κ1) is 21.5. The molecule has 0 radical (unpaired) electrons. The average Bonchev–Trinajstić information content (AvgIpc) is 3.48. The van der Waals surface area contributed by atoms with Crippen LogP contribution in [0, 0.1) is 12.8 Å². The lowest BCUT2D eigenvalue weighted by atomic mass is 9.93. The van der Waals surface area contributed by atoms with E-state index in [0.29, 0.717) is 17.1 Å². The van der Waals surface area contributed by atoms with E-state index in [0.717, 1.165) is 54.9 Å². The third-order valence-electron chi connectivity index (χ3n) is 6.83. The van der Waals surface area contributed by atoms with Crippen molar-refractivity contribution < 1.29 is 5.11 Å². The molecular weight excluding hydrogens is 418 g/mol. The minimum atomic E-state index is -0.329. The van der Waals surface area contributed by atoms with Crippen molar-refractivity contribution in [2.24, 2.45) is 5.92 Å². The second kappa shape index (κ2) is 8.87. The van der Waals surface area contributed by atoms with Gasteiger partial charge in [0.15, 0.2) is 11.3 Å². The number of aromatic nitrogens is 5. The smallest absolute Gasteiger partial charge is 0.179 e. The number of thioether (sulfide) groups is 1. The molecule has 0 spiro atoms. The van der Waals surface area contributed by atoms with Gasteiger partial charge in [0.25, 0.3) is 0 Å². The number of hydrogen-bond acceptors (Lipinski definition) is 5. The number of aliphatic hydroxyl groups excluding tert-OH is 1. The van der Waals surface area contributed by atoms with E-state index in [1.807, 2.05) is 13.1 Å². The van der Waals surface area contributed by atoms with E-state index in [9.17, 15) is 5.11 Å². The predicted octanol–water partition coefficient (Wildman–Crippen LogP) is 4.97. The van der Waals surface area contributed by atoms with Crippen LogP contribution in [0.5, 0.6) is 0 Å². The van der Waals surface area contributed by atoms with Crippen LogP contribution in [-0.2, 0) is 13.0 Å². The summed E-state index contributed by atoms with van der Waals surface area (Å²) in [5.74, 6) is 1.96. The summed E-state index contributed by atoms with van der Waals surface area (Å²) >= 11 is 1.68. The molecule has 3 heterocycles. The summed E-state index contributed by atoms with van der Waals surface area (Å²) in [5.41, 5.74) is 5.16. The van der Waals surface area contributed by atoms with Crippen LogP contribution in [-0.4, -0.2) is 39.9 Å². The molecular formula is C25H31N5OS. The summed E-state index contributed by atoms with van der Waals surface area (Å²) in [7, 11) is 0. The summed E-state index contributed by atoms with van der Waals surface area (Å²) in [5, 5.41) is 19.4. The fourth-order valence-corrected chi connectivity index (χ4v) is 6.42. The van der Waals surface area contributed by atoms with Crippen molar-refractivity contribution >= 4 is 28.6 Å². The van der Waals surface area contributed by atoms with Crippen LogP contribution >= 0.6 is 11.8 Å². The first-order chi connectivity index (χ1) is 15.5. The van der Waals surface area contributed by atoms with Crippen molar-refractivity contribution in [2.75, 3.05) is 0 Å². The largest absolute Gasteiger partial charge is 0.383 e. The molecule has 5 rings (SSSR count). The Morgan fingerprint density at radius 3 is 2.72 bits per heavy atom. The van der Waals surface area contributed by atoms with E-state index >= 15 is 0 Å². The van der Waals surface area contributed by atoms with Crippen LogP contribution < -0.4 is 0 Å². The van der Waals surface area contributed by atoms with Crippen molar-refractivity contribution in [1.82, 2.24) is 24.1 Å². The standard InChI is InChI=1S/C25H31N5OS/c1-4-19-13-20(32-17(3)31)14-21(19)24-28-27-23-15-26-25-22(30(23)24)10-12-29(25)11-9-18-7-5-16(2)6-8-18/h5-8,10,12,15,17,19-21,31H,4,9,11,13-14H2,1-3H3/t17?,19-,20+,21+/m1/s1. The van der Waals surface area contributed by atoms with Crippen molar-refractivity contribution in [1.29, 1.82) is 0 Å². The van der Waals surface area contributed by atoms with Gasteiger partial charge in [-0.15, -0.1) is 22.0 Å². The van der Waals surface area contributed by atoms with Gasteiger partial charge in [-0.1, -0.05) is 43.2 Å². The predicted molar refractivity (Wildman–Crippen MR) is 130 cm³/mol. The van der Waals surface area contributed by atoms with Gasteiger partial charge in [0.1, 0.15) is 5.82 Å². The Morgan fingerprint density at radius 2 is 1.97 bits per heavy atom. The lowest BCUT2D eigenvalue weighted by Gasteiger charge is -2.16. The Bertz CT molecular complexity index is 1210. The van der Waals surface area contributed by atoms with Gasteiger partial charge in [0.2, 0.25) is 0 Å².